The molecule has 0 N–H and O–H groups in total. The number of methoxy groups -OCH3 is 2. The van der Waals surface area contributed by atoms with E-state index in [-0.39, 0.29) is 5.91 Å². The molecule has 0 bridgehead atoms. The number of rotatable bonds is 4. The van der Waals surface area contributed by atoms with Crippen LogP contribution in [-0.4, -0.2) is 37.8 Å². The average Bonchev–Trinajstić information content (AvgIpc) is 3.32. The van der Waals surface area contributed by atoms with Crippen molar-refractivity contribution in [2.75, 3.05) is 19.1 Å². The Balaban J connectivity index is 1.59. The Labute approximate surface area is 172 Å². The van der Waals surface area contributed by atoms with Gasteiger partial charge in [0.25, 0.3) is 5.91 Å². The largest absolute Gasteiger partial charge is 0.493 e. The predicted molar refractivity (Wildman–Crippen MR) is 111 cm³/mol. The van der Waals surface area contributed by atoms with Gasteiger partial charge < -0.3 is 14.3 Å². The van der Waals surface area contributed by atoms with Gasteiger partial charge in [-0.25, -0.2) is 4.90 Å². The fourth-order valence-corrected chi connectivity index (χ4v) is 4.13. The van der Waals surface area contributed by atoms with Crippen molar-refractivity contribution in [2.24, 2.45) is 11.1 Å². The molecular weight excluding hydrogens is 384 g/mol. The molecule has 2 aliphatic rings. The number of anilines is 1. The van der Waals surface area contributed by atoms with E-state index in [0.29, 0.717) is 28.5 Å². The molecular formula is C23H18N2O5. The first kappa shape index (κ1) is 18.2. The molecule has 5 rings (SSSR count). The van der Waals surface area contributed by atoms with E-state index in [1.165, 1.54) is 19.1 Å². The lowest BCUT2D eigenvalue weighted by molar-refractivity contribution is -0.126. The lowest BCUT2D eigenvalue weighted by Crippen LogP contribution is -2.33. The van der Waals surface area contributed by atoms with Crippen LogP contribution >= 0.6 is 0 Å². The number of ether oxygens (including phenoxy) is 2. The van der Waals surface area contributed by atoms with Crippen molar-refractivity contribution in [3.05, 3.63) is 66.2 Å². The van der Waals surface area contributed by atoms with Gasteiger partial charge in [-0.05, 0) is 23.6 Å². The van der Waals surface area contributed by atoms with Crippen LogP contribution in [0, 0.1) is 5.92 Å². The lowest BCUT2D eigenvalue weighted by Gasteiger charge is -2.18. The van der Waals surface area contributed by atoms with Crippen LogP contribution in [0.25, 0.3) is 10.8 Å². The number of imide groups is 1. The van der Waals surface area contributed by atoms with Crippen molar-refractivity contribution >= 4 is 34.0 Å². The highest BCUT2D eigenvalue weighted by atomic mass is 16.7. The van der Waals surface area contributed by atoms with Crippen molar-refractivity contribution in [1.29, 1.82) is 0 Å². The van der Waals surface area contributed by atoms with E-state index in [1.54, 1.807) is 24.3 Å². The molecule has 2 heterocycles. The summed E-state index contributed by atoms with van der Waals surface area (Å²) in [6.45, 7) is 0. The Kier molecular flexibility index (Phi) is 4.17. The highest BCUT2D eigenvalue weighted by Crippen LogP contribution is 2.41. The van der Waals surface area contributed by atoms with Crippen molar-refractivity contribution in [3.8, 4) is 11.5 Å². The summed E-state index contributed by atoms with van der Waals surface area (Å²) in [4.78, 5) is 33.2. The molecule has 0 spiro atoms. The van der Waals surface area contributed by atoms with Gasteiger partial charge in [0.05, 0.1) is 19.9 Å². The molecule has 30 heavy (non-hydrogen) atoms. The second kappa shape index (κ2) is 6.88. The number of oxime groups is 1. The average molecular weight is 402 g/mol. The van der Waals surface area contributed by atoms with Crippen LogP contribution in [0.2, 0.25) is 0 Å². The molecule has 7 nitrogen and oxygen atoms in total. The van der Waals surface area contributed by atoms with E-state index in [0.717, 1.165) is 10.8 Å². The fourth-order valence-electron chi connectivity index (χ4n) is 4.13. The molecule has 0 aliphatic carbocycles. The molecule has 2 aliphatic heterocycles. The zero-order valence-corrected chi connectivity index (χ0v) is 16.4. The Morgan fingerprint density at radius 3 is 2.47 bits per heavy atom. The SMILES string of the molecule is COc1cccc(C2=NOC3C(=O)N(c4cccc5ccccc45)C(=O)C23)c1OC. The molecule has 2 amide bonds. The summed E-state index contributed by atoms with van der Waals surface area (Å²) in [5.41, 5.74) is 1.46. The summed E-state index contributed by atoms with van der Waals surface area (Å²) in [5.74, 6) is -0.711. The Morgan fingerprint density at radius 2 is 1.67 bits per heavy atom. The highest BCUT2D eigenvalue weighted by molar-refractivity contribution is 6.34. The monoisotopic (exact) mass is 402 g/mol. The molecule has 2 unspecified atom stereocenters. The summed E-state index contributed by atoms with van der Waals surface area (Å²) >= 11 is 0. The minimum Gasteiger partial charge on any atom is -0.493 e. The quantitative estimate of drug-likeness (QED) is 0.627. The molecule has 0 radical (unpaired) electrons. The predicted octanol–water partition coefficient (Wildman–Crippen LogP) is 3.15. The van der Waals surface area contributed by atoms with Gasteiger partial charge in [-0.1, -0.05) is 47.6 Å². The number of para-hydroxylation sites is 1. The number of hydrogen-bond acceptors (Lipinski definition) is 6. The van der Waals surface area contributed by atoms with Crippen LogP contribution in [0.1, 0.15) is 5.56 Å². The smallest absolute Gasteiger partial charge is 0.278 e. The minimum atomic E-state index is -0.998. The standard InChI is InChI=1S/C23H18N2O5/c1-28-17-12-6-10-15(20(17)29-2)19-18-21(30-24-19)23(27)25(22(18)26)16-11-5-8-13-7-3-4-9-14(13)16/h3-12,18,21H,1-2H3. The van der Waals surface area contributed by atoms with E-state index in [9.17, 15) is 9.59 Å². The van der Waals surface area contributed by atoms with Gasteiger partial charge in [0.15, 0.2) is 11.5 Å². The Morgan fingerprint density at radius 1 is 0.900 bits per heavy atom. The van der Waals surface area contributed by atoms with Gasteiger partial charge >= 0.3 is 0 Å². The number of fused-ring (bicyclic) bond motifs is 2. The van der Waals surface area contributed by atoms with E-state index in [2.05, 4.69) is 5.16 Å². The molecule has 1 saturated heterocycles. The minimum absolute atomic E-state index is 0.358. The third kappa shape index (κ3) is 2.48. The number of amides is 2. The van der Waals surface area contributed by atoms with E-state index < -0.39 is 17.9 Å². The summed E-state index contributed by atoms with van der Waals surface area (Å²) in [7, 11) is 3.04. The van der Waals surface area contributed by atoms with Crippen LogP contribution in [-0.2, 0) is 14.4 Å². The molecule has 0 saturated carbocycles. The molecule has 0 aromatic heterocycles. The second-order valence-corrected chi connectivity index (χ2v) is 7.03. The molecule has 1 fully saturated rings. The highest BCUT2D eigenvalue weighted by Gasteiger charge is 2.56. The van der Waals surface area contributed by atoms with Gasteiger partial charge in [0.2, 0.25) is 12.0 Å². The van der Waals surface area contributed by atoms with Crippen molar-refractivity contribution in [1.82, 2.24) is 0 Å². The zero-order chi connectivity index (χ0) is 20.8. The number of carbonyl (C=O) groups is 2. The molecule has 150 valence electrons. The van der Waals surface area contributed by atoms with Gasteiger partial charge in [-0.2, -0.15) is 0 Å². The summed E-state index contributed by atoms with van der Waals surface area (Å²) < 4.78 is 10.8. The van der Waals surface area contributed by atoms with Gasteiger partial charge in [0.1, 0.15) is 11.6 Å². The van der Waals surface area contributed by atoms with Gasteiger partial charge in [0, 0.05) is 10.9 Å². The second-order valence-electron chi connectivity index (χ2n) is 7.03. The van der Waals surface area contributed by atoms with Crippen LogP contribution in [0.4, 0.5) is 5.69 Å². The van der Waals surface area contributed by atoms with Crippen LogP contribution < -0.4 is 14.4 Å². The third-order valence-corrected chi connectivity index (χ3v) is 5.50. The topological polar surface area (TPSA) is 77.4 Å². The molecule has 7 heteroatoms. The normalized spacial score (nSPS) is 20.2. The van der Waals surface area contributed by atoms with Gasteiger partial charge in [-0.15, -0.1) is 0 Å². The first-order valence-electron chi connectivity index (χ1n) is 9.46. The maximum Gasteiger partial charge on any atom is 0.278 e. The molecule has 2 atom stereocenters. The number of hydrogen-bond donors (Lipinski definition) is 0. The number of carbonyl (C=O) groups excluding carboxylic acids is 2. The summed E-state index contributed by atoms with van der Waals surface area (Å²) in [6, 6.07) is 18.4. The van der Waals surface area contributed by atoms with Gasteiger partial charge in [-0.3, -0.25) is 9.59 Å². The summed E-state index contributed by atoms with van der Waals surface area (Å²) in [6.07, 6.45) is -0.998. The third-order valence-electron chi connectivity index (χ3n) is 5.50. The maximum absolute atomic E-state index is 13.5. The summed E-state index contributed by atoms with van der Waals surface area (Å²) in [5, 5.41) is 5.84. The van der Waals surface area contributed by atoms with Crippen molar-refractivity contribution < 1.29 is 23.9 Å². The first-order valence-corrected chi connectivity index (χ1v) is 9.46. The number of benzene rings is 3. The molecule has 3 aromatic carbocycles. The fraction of sp³-hybridized carbons (Fsp3) is 0.174. The van der Waals surface area contributed by atoms with E-state index >= 15 is 0 Å². The van der Waals surface area contributed by atoms with Crippen molar-refractivity contribution in [2.45, 2.75) is 6.10 Å². The molecule has 3 aromatic rings. The number of nitrogens with zero attached hydrogens (tertiary/aromatic N) is 2. The zero-order valence-electron chi connectivity index (χ0n) is 16.4. The lowest BCUT2D eigenvalue weighted by atomic mass is 9.93. The van der Waals surface area contributed by atoms with Crippen molar-refractivity contribution in [3.63, 3.8) is 0 Å². The van der Waals surface area contributed by atoms with E-state index in [4.69, 9.17) is 14.3 Å². The van der Waals surface area contributed by atoms with Crippen LogP contribution in [0.15, 0.2) is 65.8 Å². The van der Waals surface area contributed by atoms with E-state index in [1.807, 2.05) is 36.4 Å². The van der Waals surface area contributed by atoms with Crippen LogP contribution in [0.3, 0.4) is 0 Å². The Bertz CT molecular complexity index is 1210. The first-order chi connectivity index (χ1) is 14.7. The van der Waals surface area contributed by atoms with Crippen LogP contribution in [0.5, 0.6) is 11.5 Å². The maximum atomic E-state index is 13.5. The Hall–Kier alpha value is -3.87.